The highest BCUT2D eigenvalue weighted by molar-refractivity contribution is 6.31. The van der Waals surface area contributed by atoms with Gasteiger partial charge < -0.3 is 20.3 Å². The summed E-state index contributed by atoms with van der Waals surface area (Å²) in [4.78, 5) is 22.3. The Bertz CT molecular complexity index is 691. The number of hydrogen-bond acceptors (Lipinski definition) is 6. The average Bonchev–Trinajstić information content (AvgIpc) is 2.55. The van der Waals surface area contributed by atoms with Crippen LogP contribution in [-0.2, 0) is 0 Å². The second kappa shape index (κ2) is 8.47. The lowest BCUT2D eigenvalue weighted by Crippen LogP contribution is -2.31. The summed E-state index contributed by atoms with van der Waals surface area (Å²) in [5.41, 5.74) is 1.05. The molecule has 0 aliphatic heterocycles. The molecule has 0 aliphatic carbocycles. The molecule has 0 saturated heterocycles. The van der Waals surface area contributed by atoms with Gasteiger partial charge in [0.15, 0.2) is 0 Å². The zero-order chi connectivity index (χ0) is 17.5. The maximum Gasteiger partial charge on any atom is 0.254 e. The minimum Gasteiger partial charge on any atom is -0.495 e. The van der Waals surface area contributed by atoms with E-state index < -0.39 is 0 Å². The van der Waals surface area contributed by atoms with Crippen molar-refractivity contribution in [3.05, 3.63) is 41.2 Å². The maximum atomic E-state index is 12.0. The van der Waals surface area contributed by atoms with Crippen molar-refractivity contribution in [2.45, 2.75) is 0 Å². The van der Waals surface area contributed by atoms with E-state index in [-0.39, 0.29) is 5.91 Å². The minimum absolute atomic E-state index is 0.205. The van der Waals surface area contributed by atoms with Gasteiger partial charge in [-0.25, -0.2) is 9.97 Å². The number of likely N-dealkylation sites (N-methyl/N-ethyl adjacent to an activating group) is 1. The zero-order valence-corrected chi connectivity index (χ0v) is 14.6. The van der Waals surface area contributed by atoms with Crippen molar-refractivity contribution in [1.82, 2.24) is 20.2 Å². The Balaban J connectivity index is 2.02. The summed E-state index contributed by atoms with van der Waals surface area (Å²) in [5, 5.41) is 6.39. The van der Waals surface area contributed by atoms with Gasteiger partial charge in [-0.1, -0.05) is 11.6 Å². The lowest BCUT2D eigenvalue weighted by atomic mass is 10.3. The number of carbonyl (C=O) groups is 1. The molecule has 2 aromatic rings. The number of hydrogen-bond donors (Lipinski definition) is 2. The van der Waals surface area contributed by atoms with E-state index in [9.17, 15) is 4.79 Å². The number of aromatic nitrogens is 2. The normalized spacial score (nSPS) is 10.5. The van der Waals surface area contributed by atoms with Crippen LogP contribution in [0.1, 0.15) is 10.4 Å². The number of ether oxygens (including phenoxy) is 1. The van der Waals surface area contributed by atoms with Crippen LogP contribution in [0.15, 0.2) is 30.6 Å². The van der Waals surface area contributed by atoms with E-state index in [0.29, 0.717) is 34.5 Å². The maximum absolute atomic E-state index is 12.0. The molecule has 1 heterocycles. The molecule has 1 amide bonds. The van der Waals surface area contributed by atoms with Crippen LogP contribution in [0.5, 0.6) is 5.75 Å². The second-order valence-corrected chi connectivity index (χ2v) is 5.76. The third-order valence-corrected chi connectivity index (χ3v) is 3.40. The Labute approximate surface area is 146 Å². The van der Waals surface area contributed by atoms with E-state index in [1.165, 1.54) is 12.4 Å². The van der Waals surface area contributed by atoms with Crippen LogP contribution in [0.3, 0.4) is 0 Å². The van der Waals surface area contributed by atoms with Gasteiger partial charge in [-0.05, 0) is 32.3 Å². The lowest BCUT2D eigenvalue weighted by Gasteiger charge is -2.11. The van der Waals surface area contributed by atoms with Gasteiger partial charge in [-0.3, -0.25) is 4.79 Å². The Kier molecular flexibility index (Phi) is 6.34. The van der Waals surface area contributed by atoms with Crippen LogP contribution >= 0.6 is 11.6 Å². The van der Waals surface area contributed by atoms with E-state index in [1.54, 1.807) is 25.3 Å². The predicted octanol–water partition coefficient (Wildman–Crippen LogP) is 2.17. The Morgan fingerprint density at radius 3 is 2.62 bits per heavy atom. The van der Waals surface area contributed by atoms with Crippen LogP contribution in [-0.4, -0.2) is 55.1 Å². The van der Waals surface area contributed by atoms with Crippen molar-refractivity contribution in [2.75, 3.05) is 39.6 Å². The first-order valence-corrected chi connectivity index (χ1v) is 7.73. The smallest absolute Gasteiger partial charge is 0.254 e. The van der Waals surface area contributed by atoms with Crippen molar-refractivity contribution < 1.29 is 9.53 Å². The van der Waals surface area contributed by atoms with Crippen molar-refractivity contribution in [2.24, 2.45) is 0 Å². The highest BCUT2D eigenvalue weighted by atomic mass is 35.5. The fourth-order valence-electron chi connectivity index (χ4n) is 1.90. The monoisotopic (exact) mass is 349 g/mol. The number of anilines is 2. The molecule has 0 spiro atoms. The van der Waals surface area contributed by atoms with E-state index in [1.807, 2.05) is 19.0 Å². The third-order valence-electron chi connectivity index (χ3n) is 3.17. The number of nitrogens with one attached hydrogen (secondary N) is 2. The van der Waals surface area contributed by atoms with E-state index in [0.717, 1.165) is 6.54 Å². The van der Waals surface area contributed by atoms with Gasteiger partial charge in [0.05, 0.1) is 18.4 Å². The molecule has 0 fully saturated rings. The Morgan fingerprint density at radius 1 is 1.29 bits per heavy atom. The van der Waals surface area contributed by atoms with Gasteiger partial charge >= 0.3 is 0 Å². The van der Waals surface area contributed by atoms with Gasteiger partial charge in [0, 0.05) is 30.5 Å². The number of methoxy groups -OCH3 is 1. The number of amides is 1. The number of benzene rings is 1. The van der Waals surface area contributed by atoms with Gasteiger partial charge in [0.2, 0.25) is 5.95 Å². The summed E-state index contributed by atoms with van der Waals surface area (Å²) in [6, 6.07) is 5.19. The van der Waals surface area contributed by atoms with E-state index in [2.05, 4.69) is 20.6 Å². The standard InChI is InChI=1S/C16H20ClN5O2/c1-22(2)7-6-18-15(23)11-9-19-16(20-10-11)21-13-8-12(17)4-5-14(13)24-3/h4-5,8-10H,6-7H2,1-3H3,(H,18,23)(H,19,20,21). The molecule has 2 rings (SSSR count). The summed E-state index contributed by atoms with van der Waals surface area (Å²) in [6.07, 6.45) is 2.94. The molecule has 0 radical (unpaired) electrons. The summed E-state index contributed by atoms with van der Waals surface area (Å²) in [6.45, 7) is 1.33. The first-order chi connectivity index (χ1) is 11.5. The number of carbonyl (C=O) groups excluding carboxylic acids is 1. The van der Waals surface area contributed by atoms with Crippen LogP contribution in [0.25, 0.3) is 0 Å². The molecule has 0 unspecified atom stereocenters. The molecule has 24 heavy (non-hydrogen) atoms. The summed E-state index contributed by atoms with van der Waals surface area (Å²) in [5.74, 6) is 0.762. The molecule has 7 nitrogen and oxygen atoms in total. The molecule has 128 valence electrons. The third kappa shape index (κ3) is 5.07. The van der Waals surface area contributed by atoms with Crippen LogP contribution < -0.4 is 15.4 Å². The Morgan fingerprint density at radius 2 is 2.00 bits per heavy atom. The average molecular weight is 350 g/mol. The topological polar surface area (TPSA) is 79.4 Å². The molecule has 2 N–H and O–H groups in total. The molecule has 1 aromatic carbocycles. The van der Waals surface area contributed by atoms with Gasteiger partial charge in [0.1, 0.15) is 5.75 Å². The second-order valence-electron chi connectivity index (χ2n) is 5.32. The quantitative estimate of drug-likeness (QED) is 0.797. The molecule has 8 heteroatoms. The highest BCUT2D eigenvalue weighted by Gasteiger charge is 2.09. The molecule has 0 saturated carbocycles. The van der Waals surface area contributed by atoms with Crippen LogP contribution in [0, 0.1) is 0 Å². The molecule has 0 atom stereocenters. The number of halogens is 1. The minimum atomic E-state index is -0.205. The van der Waals surface area contributed by atoms with Crippen LogP contribution in [0.4, 0.5) is 11.6 Å². The molecule has 0 bridgehead atoms. The van der Waals surface area contributed by atoms with E-state index >= 15 is 0 Å². The van der Waals surface area contributed by atoms with E-state index in [4.69, 9.17) is 16.3 Å². The molecule has 0 aliphatic rings. The van der Waals surface area contributed by atoms with Crippen molar-refractivity contribution in [3.8, 4) is 5.75 Å². The highest BCUT2D eigenvalue weighted by Crippen LogP contribution is 2.29. The molecule has 1 aromatic heterocycles. The fraction of sp³-hybridized carbons (Fsp3) is 0.312. The first-order valence-electron chi connectivity index (χ1n) is 7.35. The van der Waals surface area contributed by atoms with Gasteiger partial charge in [0.25, 0.3) is 5.91 Å². The van der Waals surface area contributed by atoms with Gasteiger partial charge in [-0.15, -0.1) is 0 Å². The van der Waals surface area contributed by atoms with Crippen molar-refractivity contribution >= 4 is 29.1 Å². The van der Waals surface area contributed by atoms with Crippen molar-refractivity contribution in [1.29, 1.82) is 0 Å². The molecular weight excluding hydrogens is 330 g/mol. The van der Waals surface area contributed by atoms with Crippen molar-refractivity contribution in [3.63, 3.8) is 0 Å². The number of rotatable bonds is 7. The predicted molar refractivity (Wildman–Crippen MR) is 94.2 cm³/mol. The summed E-state index contributed by atoms with van der Waals surface area (Å²) in [7, 11) is 5.45. The Hall–Kier alpha value is -2.38. The van der Waals surface area contributed by atoms with Gasteiger partial charge in [-0.2, -0.15) is 0 Å². The molecular formula is C16H20ClN5O2. The first kappa shape index (κ1) is 18.0. The lowest BCUT2D eigenvalue weighted by molar-refractivity contribution is 0.0950. The summed E-state index contributed by atoms with van der Waals surface area (Å²) >= 11 is 5.98. The number of nitrogens with zero attached hydrogens (tertiary/aromatic N) is 3. The van der Waals surface area contributed by atoms with Crippen LogP contribution in [0.2, 0.25) is 5.02 Å². The summed E-state index contributed by atoms with van der Waals surface area (Å²) < 4.78 is 5.25. The largest absolute Gasteiger partial charge is 0.495 e. The zero-order valence-electron chi connectivity index (χ0n) is 13.8. The fourth-order valence-corrected chi connectivity index (χ4v) is 2.08. The SMILES string of the molecule is COc1ccc(Cl)cc1Nc1ncc(C(=O)NCCN(C)C)cn1.